The zero-order chi connectivity index (χ0) is 12.3. The van der Waals surface area contributed by atoms with Gasteiger partial charge in [-0.25, -0.2) is 0 Å². The SMILES string of the molecule is CC(C)c1cccc(NCc2cc(Br)cs2)c1. The number of rotatable bonds is 4. The molecule has 90 valence electrons. The van der Waals surface area contributed by atoms with Gasteiger partial charge in [0, 0.05) is 27.0 Å². The molecule has 0 spiro atoms. The molecule has 3 heteroatoms. The van der Waals surface area contributed by atoms with Gasteiger partial charge in [-0.3, -0.25) is 0 Å². The molecule has 1 nitrogen and oxygen atoms in total. The quantitative estimate of drug-likeness (QED) is 0.813. The Kier molecular flexibility index (Phi) is 4.24. The van der Waals surface area contributed by atoms with Gasteiger partial charge >= 0.3 is 0 Å². The molecule has 0 bridgehead atoms. The molecule has 1 aromatic carbocycles. The van der Waals surface area contributed by atoms with E-state index in [0.29, 0.717) is 5.92 Å². The Morgan fingerprint density at radius 2 is 2.12 bits per heavy atom. The highest BCUT2D eigenvalue weighted by molar-refractivity contribution is 9.10. The molecule has 2 aromatic rings. The topological polar surface area (TPSA) is 12.0 Å². The Balaban J connectivity index is 2.01. The molecule has 0 radical (unpaired) electrons. The van der Waals surface area contributed by atoms with Gasteiger partial charge in [-0.15, -0.1) is 11.3 Å². The van der Waals surface area contributed by atoms with Gasteiger partial charge in [0.15, 0.2) is 0 Å². The molecule has 1 heterocycles. The van der Waals surface area contributed by atoms with Crippen molar-refractivity contribution >= 4 is 33.0 Å². The van der Waals surface area contributed by atoms with Gasteiger partial charge in [-0.2, -0.15) is 0 Å². The predicted molar refractivity (Wildman–Crippen MR) is 79.9 cm³/mol. The fourth-order valence-corrected chi connectivity index (χ4v) is 3.03. The Bertz CT molecular complexity index is 490. The van der Waals surface area contributed by atoms with Crippen molar-refractivity contribution in [3.8, 4) is 0 Å². The van der Waals surface area contributed by atoms with Gasteiger partial charge in [-0.05, 0) is 45.6 Å². The van der Waals surface area contributed by atoms with Crippen molar-refractivity contribution in [1.29, 1.82) is 0 Å². The second kappa shape index (κ2) is 5.69. The fraction of sp³-hybridized carbons (Fsp3) is 0.286. The fourth-order valence-electron chi connectivity index (χ4n) is 1.64. The van der Waals surface area contributed by atoms with E-state index in [0.717, 1.165) is 11.0 Å². The van der Waals surface area contributed by atoms with E-state index in [9.17, 15) is 0 Å². The van der Waals surface area contributed by atoms with Gasteiger partial charge in [0.2, 0.25) is 0 Å². The van der Waals surface area contributed by atoms with E-state index in [2.05, 4.69) is 70.8 Å². The van der Waals surface area contributed by atoms with Crippen molar-refractivity contribution in [3.05, 3.63) is 50.6 Å². The molecular weight excluding hydrogens is 294 g/mol. The van der Waals surface area contributed by atoms with Crippen LogP contribution in [0.25, 0.3) is 0 Å². The van der Waals surface area contributed by atoms with E-state index in [1.165, 1.54) is 16.1 Å². The maximum atomic E-state index is 3.47. The summed E-state index contributed by atoms with van der Waals surface area (Å²) in [6.07, 6.45) is 0. The van der Waals surface area contributed by atoms with Crippen LogP contribution in [-0.4, -0.2) is 0 Å². The highest BCUT2D eigenvalue weighted by Gasteiger charge is 2.01. The number of hydrogen-bond donors (Lipinski definition) is 1. The first-order valence-electron chi connectivity index (χ1n) is 5.72. The van der Waals surface area contributed by atoms with Crippen molar-refractivity contribution in [2.24, 2.45) is 0 Å². The lowest BCUT2D eigenvalue weighted by molar-refractivity contribution is 0.866. The molecule has 0 aliphatic heterocycles. The zero-order valence-corrected chi connectivity index (χ0v) is 12.4. The van der Waals surface area contributed by atoms with Crippen molar-refractivity contribution in [2.75, 3.05) is 5.32 Å². The summed E-state index contributed by atoms with van der Waals surface area (Å²) in [5.74, 6) is 0.577. The molecule has 17 heavy (non-hydrogen) atoms. The number of benzene rings is 1. The van der Waals surface area contributed by atoms with Crippen LogP contribution in [0.3, 0.4) is 0 Å². The number of anilines is 1. The van der Waals surface area contributed by atoms with Crippen LogP contribution in [0.5, 0.6) is 0 Å². The Morgan fingerprint density at radius 3 is 2.76 bits per heavy atom. The van der Waals surface area contributed by atoms with Crippen molar-refractivity contribution < 1.29 is 0 Å². The molecular formula is C14H16BrNS. The minimum absolute atomic E-state index is 0.577. The van der Waals surface area contributed by atoms with Crippen LogP contribution in [0.2, 0.25) is 0 Å². The van der Waals surface area contributed by atoms with Crippen LogP contribution in [0.4, 0.5) is 5.69 Å². The number of halogens is 1. The van der Waals surface area contributed by atoms with Crippen LogP contribution in [0, 0.1) is 0 Å². The van der Waals surface area contributed by atoms with Crippen LogP contribution in [0.1, 0.15) is 30.2 Å². The van der Waals surface area contributed by atoms with E-state index >= 15 is 0 Å². The standard InChI is InChI=1S/C14H16BrNS/c1-10(2)11-4-3-5-13(6-11)16-8-14-7-12(15)9-17-14/h3-7,9-10,16H,8H2,1-2H3. The number of nitrogens with one attached hydrogen (secondary N) is 1. The van der Waals surface area contributed by atoms with Crippen LogP contribution < -0.4 is 5.32 Å². The zero-order valence-electron chi connectivity index (χ0n) is 10.0. The lowest BCUT2D eigenvalue weighted by Gasteiger charge is -2.09. The second-order valence-corrected chi connectivity index (χ2v) is 6.28. The average molecular weight is 310 g/mol. The van der Waals surface area contributed by atoms with E-state index < -0.39 is 0 Å². The molecule has 0 saturated heterocycles. The summed E-state index contributed by atoms with van der Waals surface area (Å²) in [6.45, 7) is 5.32. The summed E-state index contributed by atoms with van der Waals surface area (Å²) < 4.78 is 1.16. The van der Waals surface area contributed by atoms with E-state index in [1.807, 2.05) is 0 Å². The van der Waals surface area contributed by atoms with Crippen molar-refractivity contribution in [3.63, 3.8) is 0 Å². The summed E-state index contributed by atoms with van der Waals surface area (Å²) in [6, 6.07) is 10.8. The first kappa shape index (κ1) is 12.7. The molecule has 0 atom stereocenters. The Labute approximate surface area is 115 Å². The minimum Gasteiger partial charge on any atom is -0.380 e. The average Bonchev–Trinajstić information content (AvgIpc) is 2.73. The van der Waals surface area contributed by atoms with E-state index in [-0.39, 0.29) is 0 Å². The first-order valence-corrected chi connectivity index (χ1v) is 7.39. The lowest BCUT2D eigenvalue weighted by atomic mass is 10.0. The predicted octanol–water partition coefficient (Wildman–Crippen LogP) is 5.25. The van der Waals surface area contributed by atoms with E-state index in [1.54, 1.807) is 11.3 Å². The van der Waals surface area contributed by atoms with Gasteiger partial charge in [0.25, 0.3) is 0 Å². The molecule has 1 N–H and O–H groups in total. The van der Waals surface area contributed by atoms with Gasteiger partial charge in [0.1, 0.15) is 0 Å². The van der Waals surface area contributed by atoms with Gasteiger partial charge in [-0.1, -0.05) is 26.0 Å². The summed E-state index contributed by atoms with van der Waals surface area (Å²) in [4.78, 5) is 1.34. The van der Waals surface area contributed by atoms with E-state index in [4.69, 9.17) is 0 Å². The molecule has 2 rings (SSSR count). The number of thiophene rings is 1. The summed E-state index contributed by atoms with van der Waals surface area (Å²) >= 11 is 5.24. The molecule has 0 amide bonds. The summed E-state index contributed by atoms with van der Waals surface area (Å²) in [5.41, 5.74) is 2.57. The molecule has 0 unspecified atom stereocenters. The highest BCUT2D eigenvalue weighted by atomic mass is 79.9. The van der Waals surface area contributed by atoms with Crippen LogP contribution >= 0.6 is 27.3 Å². The van der Waals surface area contributed by atoms with Gasteiger partial charge < -0.3 is 5.32 Å². The molecule has 1 aromatic heterocycles. The Hall–Kier alpha value is -0.800. The molecule has 0 aliphatic rings. The van der Waals surface area contributed by atoms with Crippen molar-refractivity contribution in [2.45, 2.75) is 26.3 Å². The smallest absolute Gasteiger partial charge is 0.0494 e. The second-order valence-electron chi connectivity index (χ2n) is 4.36. The molecule has 0 fully saturated rings. The third-order valence-corrected chi connectivity index (χ3v) is 4.34. The third-order valence-electron chi connectivity index (χ3n) is 2.64. The van der Waals surface area contributed by atoms with Gasteiger partial charge in [0.05, 0.1) is 0 Å². The summed E-state index contributed by atoms with van der Waals surface area (Å²) in [5, 5.41) is 5.57. The maximum absolute atomic E-state index is 3.47. The molecule has 0 saturated carbocycles. The van der Waals surface area contributed by atoms with Crippen molar-refractivity contribution in [1.82, 2.24) is 0 Å². The van der Waals surface area contributed by atoms with Crippen LogP contribution in [0.15, 0.2) is 40.2 Å². The normalized spacial score (nSPS) is 10.8. The van der Waals surface area contributed by atoms with Crippen LogP contribution in [-0.2, 0) is 6.54 Å². The largest absolute Gasteiger partial charge is 0.380 e. The maximum Gasteiger partial charge on any atom is 0.0494 e. The first-order chi connectivity index (χ1) is 8.15. The molecule has 0 aliphatic carbocycles. The Morgan fingerprint density at radius 1 is 1.29 bits per heavy atom. The number of hydrogen-bond acceptors (Lipinski definition) is 2. The highest BCUT2D eigenvalue weighted by Crippen LogP contribution is 2.22. The monoisotopic (exact) mass is 309 g/mol. The summed E-state index contributed by atoms with van der Waals surface area (Å²) in [7, 11) is 0. The minimum atomic E-state index is 0.577. The lowest BCUT2D eigenvalue weighted by Crippen LogP contribution is -1.98. The third kappa shape index (κ3) is 3.58.